The van der Waals surface area contributed by atoms with Crippen LogP contribution in [0.3, 0.4) is 0 Å². The van der Waals surface area contributed by atoms with Crippen molar-refractivity contribution in [2.24, 2.45) is 5.73 Å². The van der Waals surface area contributed by atoms with Crippen LogP contribution in [0.5, 0.6) is 0 Å². The molecule has 4 heteroatoms. The molecular weight excluding hydrogens is 244 g/mol. The van der Waals surface area contributed by atoms with E-state index >= 15 is 0 Å². The van der Waals surface area contributed by atoms with Crippen molar-refractivity contribution in [2.75, 3.05) is 18.1 Å². The topological polar surface area (TPSA) is 55.1 Å². The second-order valence-electron chi connectivity index (χ2n) is 4.40. The van der Waals surface area contributed by atoms with Gasteiger partial charge in [-0.25, -0.2) is 0 Å². The molecule has 0 radical (unpaired) electrons. The molecule has 0 saturated heterocycles. The minimum atomic E-state index is 0.112. The van der Waals surface area contributed by atoms with Crippen molar-refractivity contribution >= 4 is 17.7 Å². The van der Waals surface area contributed by atoms with Gasteiger partial charge in [-0.2, -0.15) is 11.8 Å². The molecule has 0 aliphatic carbocycles. The summed E-state index contributed by atoms with van der Waals surface area (Å²) in [4.78, 5) is 11.5. The minimum Gasteiger partial charge on any atom is -0.355 e. The van der Waals surface area contributed by atoms with Crippen LogP contribution in [-0.4, -0.2) is 30.0 Å². The molecule has 0 heterocycles. The van der Waals surface area contributed by atoms with Gasteiger partial charge in [-0.3, -0.25) is 4.79 Å². The van der Waals surface area contributed by atoms with Gasteiger partial charge in [0.25, 0.3) is 0 Å². The van der Waals surface area contributed by atoms with Crippen LogP contribution in [0.4, 0.5) is 0 Å². The van der Waals surface area contributed by atoms with Crippen molar-refractivity contribution in [3.8, 4) is 0 Å². The maximum atomic E-state index is 11.5. The number of carbonyl (C=O) groups is 1. The molecule has 1 unspecified atom stereocenters. The molecule has 0 fully saturated rings. The third kappa shape index (κ3) is 7.35. The van der Waals surface area contributed by atoms with Crippen LogP contribution in [0.25, 0.3) is 0 Å². The second kappa shape index (κ2) is 9.00. The lowest BCUT2D eigenvalue weighted by Crippen LogP contribution is -2.27. The molecule has 1 aromatic rings. The van der Waals surface area contributed by atoms with Crippen LogP contribution in [0, 0.1) is 0 Å². The number of nitrogens with two attached hydrogens (primary N) is 1. The molecule has 1 rings (SSSR count). The number of carbonyl (C=O) groups excluding carboxylic acids is 1. The van der Waals surface area contributed by atoms with Crippen molar-refractivity contribution in [1.82, 2.24) is 5.32 Å². The van der Waals surface area contributed by atoms with Crippen molar-refractivity contribution in [3.63, 3.8) is 0 Å². The zero-order valence-corrected chi connectivity index (χ0v) is 11.7. The summed E-state index contributed by atoms with van der Waals surface area (Å²) >= 11 is 1.64. The fourth-order valence-corrected chi connectivity index (χ4v) is 2.45. The summed E-state index contributed by atoms with van der Waals surface area (Å²) in [5, 5.41) is 2.93. The van der Waals surface area contributed by atoms with Crippen molar-refractivity contribution in [3.05, 3.63) is 35.9 Å². The molecule has 0 aliphatic heterocycles. The van der Waals surface area contributed by atoms with E-state index in [1.54, 1.807) is 11.8 Å². The van der Waals surface area contributed by atoms with Crippen molar-refractivity contribution in [2.45, 2.75) is 25.8 Å². The molecule has 1 atom stereocenters. The summed E-state index contributed by atoms with van der Waals surface area (Å²) in [7, 11) is 0. The highest BCUT2D eigenvalue weighted by atomic mass is 32.2. The standard InChI is InChI=1S/C14H22N2OS/c1-12(15)8-10-18-11-14(17)16-9-7-13-5-3-2-4-6-13/h2-6,12H,7-11,15H2,1H3,(H,16,17). The molecule has 1 aromatic carbocycles. The van der Waals surface area contributed by atoms with Gasteiger partial charge in [0.05, 0.1) is 5.75 Å². The van der Waals surface area contributed by atoms with E-state index in [1.807, 2.05) is 25.1 Å². The largest absolute Gasteiger partial charge is 0.355 e. The summed E-state index contributed by atoms with van der Waals surface area (Å²) < 4.78 is 0. The van der Waals surface area contributed by atoms with E-state index in [0.717, 1.165) is 18.6 Å². The maximum absolute atomic E-state index is 11.5. The maximum Gasteiger partial charge on any atom is 0.230 e. The Hall–Kier alpha value is -1.00. The van der Waals surface area contributed by atoms with Crippen molar-refractivity contribution < 1.29 is 4.79 Å². The number of amides is 1. The number of hydrogen-bond acceptors (Lipinski definition) is 3. The average molecular weight is 266 g/mol. The van der Waals surface area contributed by atoms with E-state index < -0.39 is 0 Å². The molecular formula is C14H22N2OS. The number of thioether (sulfide) groups is 1. The Morgan fingerprint density at radius 2 is 2.11 bits per heavy atom. The van der Waals surface area contributed by atoms with Gasteiger partial charge in [-0.05, 0) is 31.1 Å². The Morgan fingerprint density at radius 1 is 1.39 bits per heavy atom. The summed E-state index contributed by atoms with van der Waals surface area (Å²) in [6, 6.07) is 10.4. The number of benzene rings is 1. The molecule has 0 saturated carbocycles. The highest BCUT2D eigenvalue weighted by Crippen LogP contribution is 2.03. The van der Waals surface area contributed by atoms with Crippen LogP contribution in [-0.2, 0) is 11.2 Å². The van der Waals surface area contributed by atoms with Gasteiger partial charge in [0.15, 0.2) is 0 Å². The SMILES string of the molecule is CC(N)CCSCC(=O)NCCc1ccccc1. The fraction of sp³-hybridized carbons (Fsp3) is 0.500. The van der Waals surface area contributed by atoms with E-state index in [9.17, 15) is 4.79 Å². The lowest BCUT2D eigenvalue weighted by Gasteiger charge is -2.06. The molecule has 3 N–H and O–H groups in total. The molecule has 3 nitrogen and oxygen atoms in total. The second-order valence-corrected chi connectivity index (χ2v) is 5.51. The molecule has 100 valence electrons. The quantitative estimate of drug-likeness (QED) is 0.706. The highest BCUT2D eigenvalue weighted by molar-refractivity contribution is 7.99. The Balaban J connectivity index is 2.03. The minimum absolute atomic E-state index is 0.112. The molecule has 0 spiro atoms. The smallest absolute Gasteiger partial charge is 0.230 e. The summed E-state index contributed by atoms with van der Waals surface area (Å²) in [5.74, 6) is 1.59. The van der Waals surface area contributed by atoms with Crippen LogP contribution in [0.1, 0.15) is 18.9 Å². The van der Waals surface area contributed by atoms with Gasteiger partial charge in [0.2, 0.25) is 5.91 Å². The number of hydrogen-bond donors (Lipinski definition) is 2. The van der Waals surface area contributed by atoms with Gasteiger partial charge in [0.1, 0.15) is 0 Å². The Labute approximate surface area is 114 Å². The van der Waals surface area contributed by atoms with E-state index in [4.69, 9.17) is 5.73 Å². The van der Waals surface area contributed by atoms with Gasteiger partial charge >= 0.3 is 0 Å². The molecule has 0 aromatic heterocycles. The zero-order chi connectivity index (χ0) is 13.2. The first-order valence-electron chi connectivity index (χ1n) is 6.32. The number of nitrogens with one attached hydrogen (secondary N) is 1. The predicted molar refractivity (Wildman–Crippen MR) is 78.7 cm³/mol. The summed E-state index contributed by atoms with van der Waals surface area (Å²) in [5.41, 5.74) is 6.89. The van der Waals surface area contributed by atoms with Gasteiger partial charge < -0.3 is 11.1 Å². The molecule has 0 bridgehead atoms. The van der Waals surface area contributed by atoms with Gasteiger partial charge in [-0.15, -0.1) is 0 Å². The summed E-state index contributed by atoms with van der Waals surface area (Å²) in [6.07, 6.45) is 1.85. The van der Waals surface area contributed by atoms with Gasteiger partial charge in [0, 0.05) is 12.6 Å². The van der Waals surface area contributed by atoms with Crippen LogP contribution >= 0.6 is 11.8 Å². The van der Waals surface area contributed by atoms with Crippen molar-refractivity contribution in [1.29, 1.82) is 0 Å². The average Bonchev–Trinajstić information content (AvgIpc) is 2.36. The highest BCUT2D eigenvalue weighted by Gasteiger charge is 2.01. The Morgan fingerprint density at radius 3 is 2.78 bits per heavy atom. The van der Waals surface area contributed by atoms with E-state index in [2.05, 4.69) is 17.4 Å². The molecule has 0 aliphatic rings. The number of rotatable bonds is 8. The zero-order valence-electron chi connectivity index (χ0n) is 10.9. The first kappa shape index (κ1) is 15.1. The third-order valence-corrected chi connectivity index (χ3v) is 3.52. The van der Waals surface area contributed by atoms with Crippen LogP contribution in [0.15, 0.2) is 30.3 Å². The Bertz CT molecular complexity index is 341. The van der Waals surface area contributed by atoms with Gasteiger partial charge in [-0.1, -0.05) is 30.3 Å². The van der Waals surface area contributed by atoms with E-state index in [-0.39, 0.29) is 11.9 Å². The summed E-state index contributed by atoms with van der Waals surface area (Å²) in [6.45, 7) is 2.69. The van der Waals surface area contributed by atoms with E-state index in [1.165, 1.54) is 5.56 Å². The third-order valence-electron chi connectivity index (χ3n) is 2.53. The normalized spacial score (nSPS) is 12.1. The fourth-order valence-electron chi connectivity index (χ4n) is 1.48. The lowest BCUT2D eigenvalue weighted by molar-refractivity contribution is -0.118. The predicted octanol–water partition coefficient (Wildman–Crippen LogP) is 1.82. The first-order chi connectivity index (χ1) is 8.68. The van der Waals surface area contributed by atoms with Crippen LogP contribution in [0.2, 0.25) is 0 Å². The first-order valence-corrected chi connectivity index (χ1v) is 7.48. The van der Waals surface area contributed by atoms with Crippen LogP contribution < -0.4 is 11.1 Å². The van der Waals surface area contributed by atoms with E-state index in [0.29, 0.717) is 12.3 Å². The Kier molecular flexibility index (Phi) is 7.53. The lowest BCUT2D eigenvalue weighted by atomic mass is 10.1. The molecule has 1 amide bonds. The monoisotopic (exact) mass is 266 g/mol. The molecule has 18 heavy (non-hydrogen) atoms.